The Balaban J connectivity index is 2.22. The van der Waals surface area contributed by atoms with Crippen LogP contribution in [0.15, 0.2) is 48.5 Å². The Labute approximate surface area is 101 Å². The molecule has 2 heteroatoms. The van der Waals surface area contributed by atoms with Crippen molar-refractivity contribution in [1.29, 1.82) is 0 Å². The fraction of sp³-hybridized carbons (Fsp3) is 0.200. The van der Waals surface area contributed by atoms with Crippen LogP contribution in [0.25, 0.3) is 0 Å². The molecule has 2 aromatic rings. The summed E-state index contributed by atoms with van der Waals surface area (Å²) in [6.07, 6.45) is 0.615. The van der Waals surface area contributed by atoms with E-state index in [0.717, 1.165) is 11.1 Å². The van der Waals surface area contributed by atoms with Crippen LogP contribution in [0, 0.1) is 5.82 Å². The summed E-state index contributed by atoms with van der Waals surface area (Å²) < 4.78 is 18.7. The van der Waals surface area contributed by atoms with Crippen molar-refractivity contribution in [3.63, 3.8) is 0 Å². The van der Waals surface area contributed by atoms with Gasteiger partial charge in [0.25, 0.3) is 0 Å². The smallest absolute Gasteiger partial charge is 0.126 e. The standard InChI is InChI=1S/C15H15FO/c1-17-11-13-7-8-15(16)14(10-13)9-12-5-3-2-4-6-12/h2-8,10H,9,11H2,1H3. The van der Waals surface area contributed by atoms with E-state index < -0.39 is 0 Å². The zero-order chi connectivity index (χ0) is 12.1. The van der Waals surface area contributed by atoms with E-state index >= 15 is 0 Å². The molecule has 0 atom stereocenters. The third-order valence-electron chi connectivity index (χ3n) is 2.66. The molecule has 0 heterocycles. The molecule has 0 saturated heterocycles. The molecule has 0 radical (unpaired) electrons. The minimum Gasteiger partial charge on any atom is -0.380 e. The fourth-order valence-electron chi connectivity index (χ4n) is 1.84. The maximum atomic E-state index is 13.7. The molecule has 0 aromatic heterocycles. The van der Waals surface area contributed by atoms with Crippen LogP contribution in [0.4, 0.5) is 4.39 Å². The van der Waals surface area contributed by atoms with E-state index in [1.807, 2.05) is 36.4 Å². The number of hydrogen-bond donors (Lipinski definition) is 0. The van der Waals surface area contributed by atoms with Gasteiger partial charge in [-0.2, -0.15) is 0 Å². The lowest BCUT2D eigenvalue weighted by molar-refractivity contribution is 0.185. The number of ether oxygens (including phenoxy) is 1. The van der Waals surface area contributed by atoms with Crippen molar-refractivity contribution in [1.82, 2.24) is 0 Å². The van der Waals surface area contributed by atoms with Crippen molar-refractivity contribution < 1.29 is 9.13 Å². The van der Waals surface area contributed by atoms with Gasteiger partial charge in [0, 0.05) is 13.5 Å². The quantitative estimate of drug-likeness (QED) is 0.780. The third kappa shape index (κ3) is 3.14. The first kappa shape index (κ1) is 11.8. The molecule has 0 aliphatic heterocycles. The van der Waals surface area contributed by atoms with E-state index in [2.05, 4.69) is 0 Å². The zero-order valence-electron chi connectivity index (χ0n) is 9.82. The van der Waals surface area contributed by atoms with Gasteiger partial charge in [0.1, 0.15) is 5.82 Å². The van der Waals surface area contributed by atoms with Crippen LogP contribution in [-0.4, -0.2) is 7.11 Å². The molecular weight excluding hydrogens is 215 g/mol. The van der Waals surface area contributed by atoms with Crippen molar-refractivity contribution in [2.24, 2.45) is 0 Å². The molecular formula is C15H15FO. The Morgan fingerprint density at radius 3 is 2.47 bits per heavy atom. The Morgan fingerprint density at radius 2 is 1.76 bits per heavy atom. The van der Waals surface area contributed by atoms with Crippen LogP contribution in [0.3, 0.4) is 0 Å². The maximum absolute atomic E-state index is 13.7. The van der Waals surface area contributed by atoms with Crippen LogP contribution in [0.1, 0.15) is 16.7 Å². The van der Waals surface area contributed by atoms with Crippen LogP contribution in [0.5, 0.6) is 0 Å². The van der Waals surface area contributed by atoms with Gasteiger partial charge in [-0.15, -0.1) is 0 Å². The van der Waals surface area contributed by atoms with Gasteiger partial charge in [0.15, 0.2) is 0 Å². The molecule has 17 heavy (non-hydrogen) atoms. The number of benzene rings is 2. The van der Waals surface area contributed by atoms with Crippen LogP contribution >= 0.6 is 0 Å². The second kappa shape index (κ2) is 5.60. The zero-order valence-corrected chi connectivity index (χ0v) is 9.82. The van der Waals surface area contributed by atoms with Crippen molar-refractivity contribution in [2.45, 2.75) is 13.0 Å². The Morgan fingerprint density at radius 1 is 1.00 bits per heavy atom. The van der Waals surface area contributed by atoms with E-state index in [1.165, 1.54) is 6.07 Å². The van der Waals surface area contributed by atoms with E-state index in [1.54, 1.807) is 13.2 Å². The van der Waals surface area contributed by atoms with Gasteiger partial charge >= 0.3 is 0 Å². The SMILES string of the molecule is COCc1ccc(F)c(Cc2ccccc2)c1. The highest BCUT2D eigenvalue weighted by molar-refractivity contribution is 5.30. The summed E-state index contributed by atoms with van der Waals surface area (Å²) in [6.45, 7) is 0.516. The molecule has 2 aromatic carbocycles. The molecule has 0 saturated carbocycles. The van der Waals surface area contributed by atoms with E-state index in [4.69, 9.17) is 4.74 Å². The number of halogens is 1. The summed E-state index contributed by atoms with van der Waals surface area (Å²) >= 11 is 0. The van der Waals surface area contributed by atoms with Crippen LogP contribution < -0.4 is 0 Å². The summed E-state index contributed by atoms with van der Waals surface area (Å²) in [6, 6.07) is 15.0. The summed E-state index contributed by atoms with van der Waals surface area (Å²) in [7, 11) is 1.64. The normalized spacial score (nSPS) is 10.5. The Bertz CT molecular complexity index is 480. The van der Waals surface area contributed by atoms with Gasteiger partial charge in [0.2, 0.25) is 0 Å². The lowest BCUT2D eigenvalue weighted by atomic mass is 10.0. The highest BCUT2D eigenvalue weighted by Crippen LogP contribution is 2.15. The predicted octanol–water partition coefficient (Wildman–Crippen LogP) is 3.56. The molecule has 0 N–H and O–H groups in total. The molecule has 0 aliphatic rings. The van der Waals surface area contributed by atoms with Crippen LogP contribution in [0.2, 0.25) is 0 Å². The highest BCUT2D eigenvalue weighted by atomic mass is 19.1. The van der Waals surface area contributed by atoms with Crippen molar-refractivity contribution in [3.8, 4) is 0 Å². The molecule has 0 bridgehead atoms. The van der Waals surface area contributed by atoms with Crippen molar-refractivity contribution >= 4 is 0 Å². The molecule has 2 rings (SSSR count). The van der Waals surface area contributed by atoms with Crippen LogP contribution in [-0.2, 0) is 17.8 Å². The number of hydrogen-bond acceptors (Lipinski definition) is 1. The number of methoxy groups -OCH3 is 1. The van der Waals surface area contributed by atoms with E-state index in [-0.39, 0.29) is 5.82 Å². The second-order valence-corrected chi connectivity index (χ2v) is 4.02. The molecule has 0 fully saturated rings. The molecule has 0 amide bonds. The fourth-order valence-corrected chi connectivity index (χ4v) is 1.84. The average Bonchev–Trinajstić information content (AvgIpc) is 2.35. The predicted molar refractivity (Wildman–Crippen MR) is 66.4 cm³/mol. The molecule has 0 spiro atoms. The second-order valence-electron chi connectivity index (χ2n) is 4.02. The lowest BCUT2D eigenvalue weighted by Crippen LogP contribution is -1.96. The summed E-state index contributed by atoms with van der Waals surface area (Å²) in [5, 5.41) is 0. The summed E-state index contributed by atoms with van der Waals surface area (Å²) in [5.74, 6) is -0.159. The lowest BCUT2D eigenvalue weighted by Gasteiger charge is -2.06. The van der Waals surface area contributed by atoms with Gasteiger partial charge in [-0.3, -0.25) is 0 Å². The number of rotatable bonds is 4. The van der Waals surface area contributed by atoms with E-state index in [0.29, 0.717) is 18.6 Å². The minimum absolute atomic E-state index is 0.159. The Kier molecular flexibility index (Phi) is 3.89. The molecule has 1 nitrogen and oxygen atoms in total. The molecule has 0 unspecified atom stereocenters. The molecule has 88 valence electrons. The topological polar surface area (TPSA) is 9.23 Å². The molecule has 0 aliphatic carbocycles. The summed E-state index contributed by atoms with van der Waals surface area (Å²) in [4.78, 5) is 0. The van der Waals surface area contributed by atoms with E-state index in [9.17, 15) is 4.39 Å². The largest absolute Gasteiger partial charge is 0.380 e. The Hall–Kier alpha value is -1.67. The van der Waals surface area contributed by atoms with Gasteiger partial charge in [-0.25, -0.2) is 4.39 Å². The van der Waals surface area contributed by atoms with Crippen molar-refractivity contribution in [2.75, 3.05) is 7.11 Å². The average molecular weight is 230 g/mol. The third-order valence-corrected chi connectivity index (χ3v) is 2.66. The first-order valence-corrected chi connectivity index (χ1v) is 5.60. The monoisotopic (exact) mass is 230 g/mol. The summed E-state index contributed by atoms with van der Waals surface area (Å²) in [5.41, 5.74) is 2.83. The first-order chi connectivity index (χ1) is 8.29. The van der Waals surface area contributed by atoms with Gasteiger partial charge in [0.05, 0.1) is 6.61 Å². The minimum atomic E-state index is -0.159. The van der Waals surface area contributed by atoms with Gasteiger partial charge in [-0.1, -0.05) is 42.5 Å². The van der Waals surface area contributed by atoms with Gasteiger partial charge < -0.3 is 4.74 Å². The van der Waals surface area contributed by atoms with Gasteiger partial charge in [-0.05, 0) is 22.8 Å². The first-order valence-electron chi connectivity index (χ1n) is 5.60. The maximum Gasteiger partial charge on any atom is 0.126 e. The van der Waals surface area contributed by atoms with Crippen molar-refractivity contribution in [3.05, 3.63) is 71.0 Å². The highest BCUT2D eigenvalue weighted by Gasteiger charge is 2.04.